The fraction of sp³-hybridized carbons (Fsp3) is 0.375. The monoisotopic (exact) mass is 454 g/mol. The van der Waals surface area contributed by atoms with Gasteiger partial charge in [0, 0.05) is 5.92 Å². The Kier molecular flexibility index (Phi) is 7.21. The number of aliphatic carboxylic acids is 1. The molecule has 9 heteroatoms. The number of amides is 2. The number of carbonyl (C=O) groups is 3. The van der Waals surface area contributed by atoms with Gasteiger partial charge in [-0.2, -0.15) is 0 Å². The summed E-state index contributed by atoms with van der Waals surface area (Å²) in [5, 5.41) is 14.3. The first-order valence-electron chi connectivity index (χ1n) is 10.8. The number of carboxylic acid groups (broad SMARTS) is 1. The molecule has 0 radical (unpaired) electrons. The summed E-state index contributed by atoms with van der Waals surface area (Å²) in [6, 6.07) is 14.1. The SMILES string of the molecule is O=C(O)CC(NC(=O)OCC1c2ccccc2-c2ccccc21)C(=O)NC1COCCOC1. The molecule has 1 atom stereocenters. The molecule has 1 aliphatic carbocycles. The van der Waals surface area contributed by atoms with Crippen LogP contribution in [0.25, 0.3) is 11.1 Å². The van der Waals surface area contributed by atoms with Gasteiger partial charge in [0.05, 0.1) is 38.9 Å². The Hall–Kier alpha value is -3.43. The molecule has 0 saturated carbocycles. The minimum Gasteiger partial charge on any atom is -0.481 e. The molecule has 9 nitrogen and oxygen atoms in total. The van der Waals surface area contributed by atoms with Gasteiger partial charge < -0.3 is 30.0 Å². The molecule has 0 bridgehead atoms. The highest BCUT2D eigenvalue weighted by Crippen LogP contribution is 2.44. The van der Waals surface area contributed by atoms with E-state index in [1.165, 1.54) is 0 Å². The Morgan fingerprint density at radius 3 is 2.12 bits per heavy atom. The molecule has 1 aliphatic heterocycles. The van der Waals surface area contributed by atoms with Crippen molar-refractivity contribution in [2.24, 2.45) is 0 Å². The van der Waals surface area contributed by atoms with E-state index in [-0.39, 0.29) is 25.7 Å². The van der Waals surface area contributed by atoms with E-state index in [0.29, 0.717) is 13.2 Å². The fourth-order valence-electron chi connectivity index (χ4n) is 4.17. The van der Waals surface area contributed by atoms with E-state index in [0.717, 1.165) is 22.3 Å². The van der Waals surface area contributed by atoms with Crippen molar-refractivity contribution in [2.75, 3.05) is 33.0 Å². The summed E-state index contributed by atoms with van der Waals surface area (Å²) in [6.07, 6.45) is -1.43. The van der Waals surface area contributed by atoms with Crippen molar-refractivity contribution < 1.29 is 33.7 Å². The summed E-state index contributed by atoms with van der Waals surface area (Å²) >= 11 is 0. The number of hydrogen-bond donors (Lipinski definition) is 3. The van der Waals surface area contributed by atoms with Crippen LogP contribution in [0.15, 0.2) is 48.5 Å². The number of benzene rings is 2. The Balaban J connectivity index is 1.38. The largest absolute Gasteiger partial charge is 0.481 e. The third-order valence-electron chi connectivity index (χ3n) is 5.69. The van der Waals surface area contributed by atoms with Gasteiger partial charge in [0.15, 0.2) is 0 Å². The second-order valence-corrected chi connectivity index (χ2v) is 7.98. The first-order valence-corrected chi connectivity index (χ1v) is 10.8. The quantitative estimate of drug-likeness (QED) is 0.584. The van der Waals surface area contributed by atoms with Crippen LogP contribution in [0.1, 0.15) is 23.5 Å². The van der Waals surface area contributed by atoms with E-state index < -0.39 is 36.5 Å². The molecular weight excluding hydrogens is 428 g/mol. The summed E-state index contributed by atoms with van der Waals surface area (Å²) < 4.78 is 16.1. The van der Waals surface area contributed by atoms with E-state index in [9.17, 15) is 19.5 Å². The zero-order valence-electron chi connectivity index (χ0n) is 18.0. The van der Waals surface area contributed by atoms with E-state index in [2.05, 4.69) is 10.6 Å². The lowest BCUT2D eigenvalue weighted by atomic mass is 9.98. The summed E-state index contributed by atoms with van der Waals surface area (Å²) in [4.78, 5) is 36.4. The topological polar surface area (TPSA) is 123 Å². The smallest absolute Gasteiger partial charge is 0.407 e. The number of fused-ring (bicyclic) bond motifs is 3. The molecule has 4 rings (SSSR count). The molecule has 3 N–H and O–H groups in total. The number of nitrogens with one attached hydrogen (secondary N) is 2. The van der Waals surface area contributed by atoms with E-state index in [1.807, 2.05) is 48.5 Å². The third kappa shape index (κ3) is 5.50. The average Bonchev–Trinajstić information content (AvgIpc) is 2.92. The molecule has 1 saturated heterocycles. The molecule has 1 fully saturated rings. The number of rotatable bonds is 7. The zero-order valence-corrected chi connectivity index (χ0v) is 18.0. The third-order valence-corrected chi connectivity index (χ3v) is 5.69. The van der Waals surface area contributed by atoms with Gasteiger partial charge in [0.1, 0.15) is 12.6 Å². The van der Waals surface area contributed by atoms with Crippen molar-refractivity contribution >= 4 is 18.0 Å². The molecule has 0 spiro atoms. The maximum Gasteiger partial charge on any atom is 0.407 e. The van der Waals surface area contributed by atoms with Gasteiger partial charge in [-0.1, -0.05) is 48.5 Å². The van der Waals surface area contributed by atoms with Gasteiger partial charge in [-0.15, -0.1) is 0 Å². The first-order chi connectivity index (χ1) is 16.0. The number of carboxylic acids is 1. The van der Waals surface area contributed by atoms with Gasteiger partial charge in [-0.25, -0.2) is 4.79 Å². The molecular formula is C24H26N2O7. The van der Waals surface area contributed by atoms with Crippen molar-refractivity contribution in [3.05, 3.63) is 59.7 Å². The molecule has 0 aromatic heterocycles. The Labute approximate surface area is 191 Å². The van der Waals surface area contributed by atoms with Gasteiger partial charge >= 0.3 is 12.1 Å². The lowest BCUT2D eigenvalue weighted by molar-refractivity contribution is -0.140. The highest BCUT2D eigenvalue weighted by Gasteiger charge is 2.31. The van der Waals surface area contributed by atoms with Crippen molar-refractivity contribution in [1.82, 2.24) is 10.6 Å². The molecule has 2 amide bonds. The lowest BCUT2D eigenvalue weighted by Gasteiger charge is -2.21. The molecule has 2 aromatic rings. The summed E-state index contributed by atoms with van der Waals surface area (Å²) in [5.74, 6) is -2.00. The molecule has 33 heavy (non-hydrogen) atoms. The predicted octanol–water partition coefficient (Wildman–Crippen LogP) is 1.90. The molecule has 2 aliphatic rings. The van der Waals surface area contributed by atoms with Gasteiger partial charge in [0.25, 0.3) is 0 Å². The van der Waals surface area contributed by atoms with Crippen molar-refractivity contribution in [2.45, 2.75) is 24.4 Å². The number of ether oxygens (including phenoxy) is 3. The van der Waals surface area contributed by atoms with Gasteiger partial charge in [-0.05, 0) is 22.3 Å². The van der Waals surface area contributed by atoms with Crippen LogP contribution in [-0.2, 0) is 23.8 Å². The highest BCUT2D eigenvalue weighted by molar-refractivity contribution is 5.89. The van der Waals surface area contributed by atoms with Crippen molar-refractivity contribution in [3.8, 4) is 11.1 Å². The van der Waals surface area contributed by atoms with E-state index >= 15 is 0 Å². The zero-order chi connectivity index (χ0) is 23.2. The first kappa shape index (κ1) is 22.8. The summed E-state index contributed by atoms with van der Waals surface area (Å²) in [5.41, 5.74) is 4.30. The van der Waals surface area contributed by atoms with Crippen LogP contribution in [-0.4, -0.2) is 68.2 Å². The second-order valence-electron chi connectivity index (χ2n) is 7.98. The molecule has 174 valence electrons. The number of carbonyl (C=O) groups excluding carboxylic acids is 2. The maximum atomic E-state index is 12.6. The highest BCUT2D eigenvalue weighted by atomic mass is 16.5. The van der Waals surface area contributed by atoms with Gasteiger partial charge in [0.2, 0.25) is 5.91 Å². The maximum absolute atomic E-state index is 12.6. The van der Waals surface area contributed by atoms with Crippen LogP contribution in [0.5, 0.6) is 0 Å². The molecule has 1 unspecified atom stereocenters. The minimum absolute atomic E-state index is 0.0611. The summed E-state index contributed by atoms with van der Waals surface area (Å²) in [6.45, 7) is 1.39. The fourth-order valence-corrected chi connectivity index (χ4v) is 4.17. The van der Waals surface area contributed by atoms with Crippen LogP contribution in [0.3, 0.4) is 0 Å². The number of alkyl carbamates (subject to hydrolysis) is 1. The van der Waals surface area contributed by atoms with Crippen molar-refractivity contribution in [3.63, 3.8) is 0 Å². The Bertz CT molecular complexity index is 972. The number of hydrogen-bond acceptors (Lipinski definition) is 6. The standard InChI is InChI=1S/C24H26N2O7/c27-22(28)11-21(23(29)25-15-12-31-9-10-32-13-15)26-24(30)33-14-20-18-7-3-1-5-16(18)17-6-2-4-8-19(17)20/h1-8,15,20-21H,9-14H2,(H,25,29)(H,26,30)(H,27,28). The van der Waals surface area contributed by atoms with Crippen molar-refractivity contribution in [1.29, 1.82) is 0 Å². The van der Waals surface area contributed by atoms with Crippen LogP contribution in [0.2, 0.25) is 0 Å². The minimum atomic E-state index is -1.29. The Morgan fingerprint density at radius 1 is 0.970 bits per heavy atom. The van der Waals surface area contributed by atoms with Crippen LogP contribution in [0, 0.1) is 0 Å². The second kappa shape index (κ2) is 10.5. The lowest BCUT2D eigenvalue weighted by Crippen LogP contribution is -2.52. The molecule has 2 aromatic carbocycles. The average molecular weight is 454 g/mol. The van der Waals surface area contributed by atoms with E-state index in [1.54, 1.807) is 0 Å². The van der Waals surface area contributed by atoms with Gasteiger partial charge in [-0.3, -0.25) is 9.59 Å². The summed E-state index contributed by atoms with van der Waals surface area (Å²) in [7, 11) is 0. The molecule has 1 heterocycles. The van der Waals surface area contributed by atoms with Crippen LogP contribution >= 0.6 is 0 Å². The van der Waals surface area contributed by atoms with Crippen LogP contribution < -0.4 is 10.6 Å². The Morgan fingerprint density at radius 2 is 1.55 bits per heavy atom. The normalized spacial score (nSPS) is 16.7. The van der Waals surface area contributed by atoms with E-state index in [4.69, 9.17) is 14.2 Å². The van der Waals surface area contributed by atoms with Crippen LogP contribution in [0.4, 0.5) is 4.79 Å². The predicted molar refractivity (Wildman–Crippen MR) is 118 cm³/mol.